The molecular weight excluding hydrogens is 329 g/mol. The predicted molar refractivity (Wildman–Crippen MR) is 89.6 cm³/mol. The summed E-state index contributed by atoms with van der Waals surface area (Å²) in [6.07, 6.45) is 0. The second-order valence-corrected chi connectivity index (χ2v) is 5.53. The van der Waals surface area contributed by atoms with Gasteiger partial charge in [-0.3, -0.25) is 4.90 Å². The van der Waals surface area contributed by atoms with Gasteiger partial charge in [0.1, 0.15) is 18.2 Å². The van der Waals surface area contributed by atoms with Crippen molar-refractivity contribution in [1.29, 1.82) is 0 Å². The molecule has 7 nitrogen and oxygen atoms in total. The van der Waals surface area contributed by atoms with E-state index in [9.17, 15) is 14.0 Å². The van der Waals surface area contributed by atoms with Crippen molar-refractivity contribution < 1.29 is 23.5 Å². The maximum atomic E-state index is 13.1. The summed E-state index contributed by atoms with van der Waals surface area (Å²) in [4.78, 5) is 25.4. The van der Waals surface area contributed by atoms with Crippen LogP contribution < -0.4 is 15.4 Å². The van der Waals surface area contributed by atoms with Crippen LogP contribution in [-0.4, -0.2) is 56.8 Å². The van der Waals surface area contributed by atoms with E-state index in [1.54, 1.807) is 19.1 Å². The molecule has 1 aromatic carbocycles. The highest BCUT2D eigenvalue weighted by molar-refractivity contribution is 5.93. The van der Waals surface area contributed by atoms with Crippen molar-refractivity contribution in [2.45, 2.75) is 6.92 Å². The van der Waals surface area contributed by atoms with E-state index in [2.05, 4.69) is 10.6 Å². The van der Waals surface area contributed by atoms with Gasteiger partial charge in [-0.2, -0.15) is 0 Å². The van der Waals surface area contributed by atoms with Crippen LogP contribution >= 0.6 is 0 Å². The summed E-state index contributed by atoms with van der Waals surface area (Å²) in [6, 6.07) is 5.57. The van der Waals surface area contributed by atoms with Gasteiger partial charge in [0.2, 0.25) is 0 Å². The van der Waals surface area contributed by atoms with Crippen molar-refractivity contribution in [3.63, 3.8) is 0 Å². The number of amides is 2. The lowest BCUT2D eigenvalue weighted by Crippen LogP contribution is -2.46. The van der Waals surface area contributed by atoms with Gasteiger partial charge >= 0.3 is 12.0 Å². The van der Waals surface area contributed by atoms with Gasteiger partial charge < -0.3 is 20.1 Å². The topological polar surface area (TPSA) is 79.9 Å². The number of nitrogens with one attached hydrogen (secondary N) is 2. The van der Waals surface area contributed by atoms with Crippen LogP contribution in [0.15, 0.2) is 35.5 Å². The largest absolute Gasteiger partial charge is 0.492 e. The summed E-state index contributed by atoms with van der Waals surface area (Å²) in [5.74, 6) is -0.350. The normalized spacial score (nSPS) is 14.2. The highest BCUT2D eigenvalue weighted by Gasteiger charge is 2.24. The zero-order chi connectivity index (χ0) is 18.2. The minimum atomic E-state index is -0.450. The van der Waals surface area contributed by atoms with Crippen molar-refractivity contribution in [1.82, 2.24) is 15.5 Å². The molecule has 0 saturated carbocycles. The first-order chi connectivity index (χ1) is 12.0. The highest BCUT2D eigenvalue weighted by Crippen LogP contribution is 2.12. The van der Waals surface area contributed by atoms with Crippen LogP contribution in [0.2, 0.25) is 0 Å². The minimum Gasteiger partial charge on any atom is -0.492 e. The van der Waals surface area contributed by atoms with Gasteiger partial charge in [0.15, 0.2) is 0 Å². The van der Waals surface area contributed by atoms with Crippen molar-refractivity contribution >= 4 is 12.0 Å². The molecule has 0 bridgehead atoms. The summed E-state index contributed by atoms with van der Waals surface area (Å²) >= 11 is 0. The zero-order valence-electron chi connectivity index (χ0n) is 14.3. The van der Waals surface area contributed by atoms with Crippen LogP contribution in [0.5, 0.6) is 5.75 Å². The molecule has 1 aliphatic rings. The molecule has 1 aliphatic heterocycles. The molecule has 0 unspecified atom stereocenters. The first-order valence-electron chi connectivity index (χ1n) is 8.00. The Kier molecular flexibility index (Phi) is 6.76. The van der Waals surface area contributed by atoms with Gasteiger partial charge in [0.05, 0.1) is 18.7 Å². The van der Waals surface area contributed by atoms with E-state index in [0.29, 0.717) is 36.7 Å². The quantitative estimate of drug-likeness (QED) is 0.690. The van der Waals surface area contributed by atoms with Crippen molar-refractivity contribution in [3.8, 4) is 5.75 Å². The zero-order valence-corrected chi connectivity index (χ0v) is 14.3. The Balaban J connectivity index is 1.90. The fourth-order valence-electron chi connectivity index (χ4n) is 2.31. The molecule has 2 rings (SSSR count). The van der Waals surface area contributed by atoms with E-state index in [4.69, 9.17) is 9.47 Å². The molecule has 136 valence electrons. The number of ether oxygens (including phenoxy) is 2. The van der Waals surface area contributed by atoms with Gasteiger partial charge in [0.25, 0.3) is 0 Å². The van der Waals surface area contributed by atoms with Crippen molar-refractivity contribution in [2.75, 3.05) is 39.9 Å². The molecule has 0 aromatic heterocycles. The van der Waals surface area contributed by atoms with E-state index < -0.39 is 5.97 Å². The molecular formula is C17H22FN3O4. The van der Waals surface area contributed by atoms with Crippen molar-refractivity contribution in [2.24, 2.45) is 0 Å². The standard InChI is InChI=1S/C17H22FN3O4/c1-3-24-16(22)14-10-19-17(23)20-15(14)11-21(2)7-8-25-13-6-4-5-12(18)9-13/h4-6,9H,3,7-8,10-11H2,1-2H3,(H2,19,20,23). The SMILES string of the molecule is CCOC(=O)C1=C(CN(C)CCOc2cccc(F)c2)NC(=O)NC1. The van der Waals surface area contributed by atoms with Crippen LogP contribution in [0.3, 0.4) is 0 Å². The number of rotatable bonds is 8. The van der Waals surface area contributed by atoms with Crippen LogP contribution in [0.4, 0.5) is 9.18 Å². The van der Waals surface area contributed by atoms with Crippen LogP contribution in [-0.2, 0) is 9.53 Å². The number of carbonyl (C=O) groups excluding carboxylic acids is 2. The first kappa shape index (κ1) is 18.7. The van der Waals surface area contributed by atoms with Gasteiger partial charge in [-0.15, -0.1) is 0 Å². The Labute approximate surface area is 145 Å². The number of esters is 1. The van der Waals surface area contributed by atoms with Crippen LogP contribution in [0.25, 0.3) is 0 Å². The van der Waals surface area contributed by atoms with E-state index in [1.165, 1.54) is 12.1 Å². The lowest BCUT2D eigenvalue weighted by molar-refractivity contribution is -0.138. The number of likely N-dealkylation sites (N-methyl/N-ethyl adjacent to an activating group) is 1. The monoisotopic (exact) mass is 351 g/mol. The molecule has 2 amide bonds. The Morgan fingerprint density at radius 3 is 2.92 bits per heavy atom. The summed E-state index contributed by atoms with van der Waals surface area (Å²) < 4.78 is 23.6. The second kappa shape index (κ2) is 9.03. The van der Waals surface area contributed by atoms with Gasteiger partial charge in [0, 0.05) is 24.9 Å². The molecule has 1 heterocycles. The maximum Gasteiger partial charge on any atom is 0.337 e. The summed E-state index contributed by atoms with van der Waals surface area (Å²) in [7, 11) is 1.83. The minimum absolute atomic E-state index is 0.133. The van der Waals surface area contributed by atoms with Crippen LogP contribution in [0.1, 0.15) is 6.92 Å². The van der Waals surface area contributed by atoms with E-state index in [-0.39, 0.29) is 25.0 Å². The molecule has 0 aliphatic carbocycles. The summed E-state index contributed by atoms with van der Waals surface area (Å²) in [5.41, 5.74) is 0.912. The maximum absolute atomic E-state index is 13.1. The Hall–Kier alpha value is -2.61. The Morgan fingerprint density at radius 2 is 2.20 bits per heavy atom. The third kappa shape index (κ3) is 5.75. The lowest BCUT2D eigenvalue weighted by atomic mass is 10.1. The molecule has 0 spiro atoms. The lowest BCUT2D eigenvalue weighted by Gasteiger charge is -2.25. The molecule has 0 fully saturated rings. The molecule has 2 N–H and O–H groups in total. The summed E-state index contributed by atoms with van der Waals surface area (Å²) in [6.45, 7) is 3.35. The number of halogens is 1. The molecule has 25 heavy (non-hydrogen) atoms. The molecule has 1 aromatic rings. The molecule has 0 atom stereocenters. The Morgan fingerprint density at radius 1 is 1.40 bits per heavy atom. The average Bonchev–Trinajstić information content (AvgIpc) is 2.55. The Bertz CT molecular complexity index is 663. The first-order valence-corrected chi connectivity index (χ1v) is 8.00. The van der Waals surface area contributed by atoms with E-state index >= 15 is 0 Å². The second-order valence-electron chi connectivity index (χ2n) is 5.53. The molecule has 0 radical (unpaired) electrons. The van der Waals surface area contributed by atoms with Crippen LogP contribution in [0, 0.1) is 5.82 Å². The van der Waals surface area contributed by atoms with Gasteiger partial charge in [-0.1, -0.05) is 6.07 Å². The predicted octanol–water partition coefficient (Wildman–Crippen LogP) is 1.27. The number of hydrogen-bond donors (Lipinski definition) is 2. The van der Waals surface area contributed by atoms with Gasteiger partial charge in [-0.05, 0) is 26.1 Å². The van der Waals surface area contributed by atoms with Crippen molar-refractivity contribution in [3.05, 3.63) is 41.4 Å². The smallest absolute Gasteiger partial charge is 0.337 e. The molecule has 8 heteroatoms. The average molecular weight is 351 g/mol. The van der Waals surface area contributed by atoms with E-state index in [0.717, 1.165) is 0 Å². The third-order valence-electron chi connectivity index (χ3n) is 3.54. The highest BCUT2D eigenvalue weighted by atomic mass is 19.1. The number of nitrogens with zero attached hydrogens (tertiary/aromatic N) is 1. The third-order valence-corrected chi connectivity index (χ3v) is 3.54. The molecule has 0 saturated heterocycles. The van der Waals surface area contributed by atoms with Gasteiger partial charge in [-0.25, -0.2) is 14.0 Å². The fourth-order valence-corrected chi connectivity index (χ4v) is 2.31. The summed E-state index contributed by atoms with van der Waals surface area (Å²) in [5, 5.41) is 5.21. The number of urea groups is 1. The van der Waals surface area contributed by atoms with E-state index in [1.807, 2.05) is 11.9 Å². The number of hydrogen-bond acceptors (Lipinski definition) is 5. The number of carbonyl (C=O) groups is 2. The fraction of sp³-hybridized carbons (Fsp3) is 0.412. The number of benzene rings is 1.